The van der Waals surface area contributed by atoms with Gasteiger partial charge in [0.1, 0.15) is 11.9 Å². The highest BCUT2D eigenvalue weighted by molar-refractivity contribution is 6.26. The zero-order chi connectivity index (χ0) is 13.7. The van der Waals surface area contributed by atoms with Crippen molar-refractivity contribution in [2.75, 3.05) is 0 Å². The molecule has 0 amide bonds. The highest BCUT2D eigenvalue weighted by Gasteiger charge is 2.40. The number of ketones is 2. The Hall–Kier alpha value is -2.36. The molecule has 0 saturated heterocycles. The number of rotatable bonds is 1. The number of aromatic hydroxyl groups is 1. The Morgan fingerprint density at radius 1 is 1.32 bits per heavy atom. The predicted octanol–water partition coefficient (Wildman–Crippen LogP) is 2.39. The van der Waals surface area contributed by atoms with Crippen LogP contribution >= 0.6 is 0 Å². The van der Waals surface area contributed by atoms with Crippen LogP contribution in [0.5, 0.6) is 5.75 Å². The summed E-state index contributed by atoms with van der Waals surface area (Å²) < 4.78 is 5.53. The van der Waals surface area contributed by atoms with E-state index in [1.165, 1.54) is 18.2 Å². The molecule has 3 rings (SSSR count). The molecule has 0 bridgehead atoms. The standard InChI is InChI=1S/C15H12O4/c1-7(2)12-6-11-13(17)9-4-3-8(16)5-10(9)14(18)15(11)19-12/h3-5,12,16H,1,6H2,2H3/t12-/m1/s1. The number of allylic oxidation sites excluding steroid dienone is 1. The molecule has 0 radical (unpaired) electrons. The normalized spacial score (nSPS) is 21.0. The molecule has 1 aromatic rings. The zero-order valence-electron chi connectivity index (χ0n) is 10.4. The number of hydrogen-bond donors (Lipinski definition) is 1. The van der Waals surface area contributed by atoms with Gasteiger partial charge in [0.25, 0.3) is 0 Å². The first-order valence-corrected chi connectivity index (χ1v) is 5.96. The van der Waals surface area contributed by atoms with Crippen molar-refractivity contribution in [3.05, 3.63) is 52.8 Å². The smallest absolute Gasteiger partial charge is 0.228 e. The maximum atomic E-state index is 12.3. The highest BCUT2D eigenvalue weighted by atomic mass is 16.5. The lowest BCUT2D eigenvalue weighted by molar-refractivity contribution is 0.0876. The molecule has 2 aliphatic rings. The minimum atomic E-state index is -0.343. The van der Waals surface area contributed by atoms with Gasteiger partial charge in [0.2, 0.25) is 5.78 Å². The van der Waals surface area contributed by atoms with E-state index in [1.807, 2.05) is 0 Å². The lowest BCUT2D eigenvalue weighted by Gasteiger charge is -2.15. The van der Waals surface area contributed by atoms with Crippen molar-refractivity contribution in [3.8, 4) is 5.75 Å². The van der Waals surface area contributed by atoms with Gasteiger partial charge >= 0.3 is 0 Å². The fourth-order valence-corrected chi connectivity index (χ4v) is 2.40. The van der Waals surface area contributed by atoms with E-state index in [1.54, 1.807) is 6.92 Å². The molecule has 1 aliphatic carbocycles. The fourth-order valence-electron chi connectivity index (χ4n) is 2.40. The van der Waals surface area contributed by atoms with Crippen LogP contribution in [0.25, 0.3) is 0 Å². The lowest BCUT2D eigenvalue weighted by Crippen LogP contribution is -2.19. The molecule has 4 heteroatoms. The third kappa shape index (κ3) is 1.60. The van der Waals surface area contributed by atoms with Crippen molar-refractivity contribution in [2.24, 2.45) is 0 Å². The van der Waals surface area contributed by atoms with E-state index in [2.05, 4.69) is 6.58 Å². The second kappa shape index (κ2) is 3.82. The van der Waals surface area contributed by atoms with Crippen LogP contribution in [0, 0.1) is 0 Å². The first-order valence-electron chi connectivity index (χ1n) is 5.96. The van der Waals surface area contributed by atoms with E-state index in [0.717, 1.165) is 5.57 Å². The Bertz CT molecular complexity index is 667. The Morgan fingerprint density at radius 2 is 2.05 bits per heavy atom. The van der Waals surface area contributed by atoms with Crippen molar-refractivity contribution >= 4 is 11.6 Å². The van der Waals surface area contributed by atoms with Crippen LogP contribution in [0.15, 0.2) is 41.7 Å². The van der Waals surface area contributed by atoms with Gasteiger partial charge < -0.3 is 9.84 Å². The summed E-state index contributed by atoms with van der Waals surface area (Å²) in [7, 11) is 0. The summed E-state index contributed by atoms with van der Waals surface area (Å²) in [5, 5.41) is 9.44. The number of phenolic OH excluding ortho intramolecular Hbond substituents is 1. The molecule has 96 valence electrons. The molecular formula is C15H12O4. The average Bonchev–Trinajstić information content (AvgIpc) is 2.81. The van der Waals surface area contributed by atoms with E-state index >= 15 is 0 Å². The average molecular weight is 256 g/mol. The van der Waals surface area contributed by atoms with E-state index in [4.69, 9.17) is 4.74 Å². The predicted molar refractivity (Wildman–Crippen MR) is 68.1 cm³/mol. The summed E-state index contributed by atoms with van der Waals surface area (Å²) >= 11 is 0. The topological polar surface area (TPSA) is 63.6 Å². The minimum Gasteiger partial charge on any atom is -0.508 e. The van der Waals surface area contributed by atoms with Crippen molar-refractivity contribution in [3.63, 3.8) is 0 Å². The molecular weight excluding hydrogens is 244 g/mol. The van der Waals surface area contributed by atoms with Gasteiger partial charge in [0.15, 0.2) is 11.5 Å². The number of hydrogen-bond acceptors (Lipinski definition) is 4. The quantitative estimate of drug-likeness (QED) is 0.783. The number of Topliss-reactive ketones (excluding diaryl/α,β-unsaturated/α-hetero) is 2. The number of benzene rings is 1. The summed E-state index contributed by atoms with van der Waals surface area (Å²) in [5.74, 6) is -0.480. The highest BCUT2D eigenvalue weighted by Crippen LogP contribution is 2.38. The monoisotopic (exact) mass is 256 g/mol. The third-order valence-corrected chi connectivity index (χ3v) is 3.45. The Morgan fingerprint density at radius 3 is 2.74 bits per heavy atom. The van der Waals surface area contributed by atoms with E-state index in [-0.39, 0.29) is 34.7 Å². The first-order chi connectivity index (χ1) is 8.99. The van der Waals surface area contributed by atoms with Crippen LogP contribution in [0.1, 0.15) is 34.1 Å². The maximum Gasteiger partial charge on any atom is 0.228 e. The fraction of sp³-hybridized carbons (Fsp3) is 0.200. The van der Waals surface area contributed by atoms with E-state index in [0.29, 0.717) is 17.6 Å². The zero-order valence-corrected chi connectivity index (χ0v) is 10.4. The molecule has 0 fully saturated rings. The SMILES string of the molecule is C=C(C)[C@H]1CC2=C(O1)C(=O)c1cc(O)ccc1C2=O. The second-order valence-electron chi connectivity index (χ2n) is 4.85. The van der Waals surface area contributed by atoms with Crippen LogP contribution in [0.2, 0.25) is 0 Å². The van der Waals surface area contributed by atoms with Gasteiger partial charge in [-0.2, -0.15) is 0 Å². The first kappa shape index (κ1) is 11.7. The van der Waals surface area contributed by atoms with Crippen molar-refractivity contribution in [1.82, 2.24) is 0 Å². The molecule has 0 aromatic heterocycles. The largest absolute Gasteiger partial charge is 0.508 e. The van der Waals surface area contributed by atoms with Gasteiger partial charge in [-0.05, 0) is 30.7 Å². The number of phenols is 1. The summed E-state index contributed by atoms with van der Waals surface area (Å²) in [4.78, 5) is 24.6. The van der Waals surface area contributed by atoms with Gasteiger partial charge in [0.05, 0.1) is 5.57 Å². The molecule has 1 atom stereocenters. The second-order valence-corrected chi connectivity index (χ2v) is 4.85. The minimum absolute atomic E-state index is 0.0431. The molecule has 1 N–H and O–H groups in total. The van der Waals surface area contributed by atoms with E-state index < -0.39 is 0 Å². The molecule has 0 saturated carbocycles. The molecule has 1 heterocycles. The van der Waals surface area contributed by atoms with Crippen molar-refractivity contribution in [2.45, 2.75) is 19.4 Å². The summed E-state index contributed by atoms with van der Waals surface area (Å²) in [5.41, 5.74) is 1.72. The Balaban J connectivity index is 2.10. The molecule has 1 aromatic carbocycles. The number of ether oxygens (including phenoxy) is 1. The van der Waals surface area contributed by atoms with Gasteiger partial charge in [-0.15, -0.1) is 0 Å². The van der Waals surface area contributed by atoms with Gasteiger partial charge in [0, 0.05) is 17.5 Å². The molecule has 19 heavy (non-hydrogen) atoms. The van der Waals surface area contributed by atoms with Gasteiger partial charge in [-0.1, -0.05) is 6.58 Å². The summed E-state index contributed by atoms with van der Waals surface area (Å²) in [6.45, 7) is 5.60. The third-order valence-electron chi connectivity index (χ3n) is 3.45. The molecule has 1 aliphatic heterocycles. The molecule has 0 unspecified atom stereocenters. The lowest BCUT2D eigenvalue weighted by atomic mass is 9.87. The van der Waals surface area contributed by atoms with Crippen LogP contribution < -0.4 is 0 Å². The number of fused-ring (bicyclic) bond motifs is 1. The Kier molecular flexibility index (Phi) is 2.35. The Labute approximate surface area is 110 Å². The van der Waals surface area contributed by atoms with Gasteiger partial charge in [-0.25, -0.2) is 0 Å². The van der Waals surface area contributed by atoms with Crippen LogP contribution in [-0.2, 0) is 4.74 Å². The molecule has 4 nitrogen and oxygen atoms in total. The van der Waals surface area contributed by atoms with Gasteiger partial charge in [-0.3, -0.25) is 9.59 Å². The van der Waals surface area contributed by atoms with Crippen LogP contribution in [-0.4, -0.2) is 22.8 Å². The number of carbonyl (C=O) groups is 2. The number of carbonyl (C=O) groups excluding carboxylic acids is 2. The van der Waals surface area contributed by atoms with Crippen molar-refractivity contribution in [1.29, 1.82) is 0 Å². The maximum absolute atomic E-state index is 12.3. The van der Waals surface area contributed by atoms with E-state index in [9.17, 15) is 14.7 Å². The summed E-state index contributed by atoms with van der Waals surface area (Å²) in [6, 6.07) is 4.18. The summed E-state index contributed by atoms with van der Waals surface area (Å²) in [6.07, 6.45) is 0.0658. The van der Waals surface area contributed by atoms with Crippen LogP contribution in [0.4, 0.5) is 0 Å². The van der Waals surface area contributed by atoms with Crippen LogP contribution in [0.3, 0.4) is 0 Å². The van der Waals surface area contributed by atoms with Crippen molar-refractivity contribution < 1.29 is 19.4 Å². The molecule has 0 spiro atoms.